The molecule has 5 heteroatoms. The number of pyridine rings is 2. The van der Waals surface area contributed by atoms with Crippen molar-refractivity contribution in [1.29, 1.82) is 0 Å². The summed E-state index contributed by atoms with van der Waals surface area (Å²) in [6, 6.07) is 20.7. The number of nitrogens with zero attached hydrogens (tertiary/aromatic N) is 4. The number of phenols is 1. The lowest BCUT2D eigenvalue weighted by atomic mass is 9.79. The first-order valence-corrected chi connectivity index (χ1v) is 13.6. The van der Waals surface area contributed by atoms with E-state index in [2.05, 4.69) is 101 Å². The monoisotopic (exact) mass is 518 g/mol. The normalized spacial score (nSPS) is 12.4. The van der Waals surface area contributed by atoms with E-state index in [1.54, 1.807) is 0 Å². The standard InChI is InChI=1S/C34H38N4O/c1-21(2)38-31(26-19-24(33(3,4)5)20-27(30(26)39)34(6,7)8)37-29-25(15-17-36-32(29)38)22-12-11-13-23(18-22)28-14-9-10-16-35-28/h9-21,39H,1-8H3. The van der Waals surface area contributed by atoms with Crippen molar-refractivity contribution >= 4 is 11.2 Å². The van der Waals surface area contributed by atoms with Crippen molar-refractivity contribution in [3.05, 3.63) is 84.2 Å². The zero-order valence-electron chi connectivity index (χ0n) is 24.2. The van der Waals surface area contributed by atoms with Crippen LogP contribution in [0.25, 0.3) is 44.9 Å². The second kappa shape index (κ2) is 9.64. The Labute approximate surface area is 231 Å². The molecule has 3 heterocycles. The van der Waals surface area contributed by atoms with Crippen molar-refractivity contribution in [2.24, 2.45) is 0 Å². The van der Waals surface area contributed by atoms with E-state index < -0.39 is 0 Å². The molecule has 0 saturated carbocycles. The third-order valence-electron chi connectivity index (χ3n) is 7.25. The highest BCUT2D eigenvalue weighted by Crippen LogP contribution is 2.43. The predicted octanol–water partition coefficient (Wildman–Crippen LogP) is 8.71. The fourth-order valence-electron chi connectivity index (χ4n) is 5.09. The Kier molecular flexibility index (Phi) is 6.58. The van der Waals surface area contributed by atoms with Gasteiger partial charge in [0.25, 0.3) is 0 Å². The Morgan fingerprint density at radius 2 is 1.49 bits per heavy atom. The average Bonchev–Trinajstić information content (AvgIpc) is 3.28. The molecule has 0 aliphatic heterocycles. The Hall–Kier alpha value is -3.99. The maximum Gasteiger partial charge on any atom is 0.161 e. The lowest BCUT2D eigenvalue weighted by Crippen LogP contribution is -2.17. The molecular formula is C34H38N4O. The van der Waals surface area contributed by atoms with Crippen LogP contribution >= 0.6 is 0 Å². The van der Waals surface area contributed by atoms with Crippen LogP contribution in [0.3, 0.4) is 0 Å². The molecule has 0 bridgehead atoms. The van der Waals surface area contributed by atoms with Crippen molar-refractivity contribution < 1.29 is 5.11 Å². The first kappa shape index (κ1) is 26.6. The van der Waals surface area contributed by atoms with Gasteiger partial charge in [-0.15, -0.1) is 0 Å². The number of imidazole rings is 1. The summed E-state index contributed by atoms with van der Waals surface area (Å²) >= 11 is 0. The molecule has 5 aromatic rings. The fraction of sp³-hybridized carbons (Fsp3) is 0.324. The van der Waals surface area contributed by atoms with Gasteiger partial charge in [0.05, 0.1) is 11.3 Å². The summed E-state index contributed by atoms with van der Waals surface area (Å²) < 4.78 is 2.15. The first-order chi connectivity index (χ1) is 18.4. The van der Waals surface area contributed by atoms with Gasteiger partial charge < -0.3 is 9.67 Å². The fourth-order valence-corrected chi connectivity index (χ4v) is 5.09. The Bertz CT molecular complexity index is 1650. The number of benzene rings is 2. The van der Waals surface area contributed by atoms with E-state index in [0.29, 0.717) is 0 Å². The van der Waals surface area contributed by atoms with E-state index in [0.717, 1.165) is 50.5 Å². The first-order valence-electron chi connectivity index (χ1n) is 13.6. The summed E-state index contributed by atoms with van der Waals surface area (Å²) in [6.07, 6.45) is 3.66. The number of hydrogen-bond acceptors (Lipinski definition) is 4. The third kappa shape index (κ3) is 4.94. The van der Waals surface area contributed by atoms with E-state index in [1.165, 1.54) is 5.56 Å². The molecule has 200 valence electrons. The summed E-state index contributed by atoms with van der Waals surface area (Å²) in [6.45, 7) is 17.3. The van der Waals surface area contributed by atoms with E-state index >= 15 is 0 Å². The van der Waals surface area contributed by atoms with Crippen LogP contribution in [0.1, 0.15) is 72.6 Å². The quantitative estimate of drug-likeness (QED) is 0.258. The van der Waals surface area contributed by atoms with Crippen LogP contribution in [0.5, 0.6) is 5.75 Å². The van der Waals surface area contributed by atoms with Gasteiger partial charge in [0.2, 0.25) is 0 Å². The van der Waals surface area contributed by atoms with E-state index in [-0.39, 0.29) is 22.6 Å². The topological polar surface area (TPSA) is 63.8 Å². The van der Waals surface area contributed by atoms with Crippen LogP contribution in [0.4, 0.5) is 0 Å². The van der Waals surface area contributed by atoms with Gasteiger partial charge in [-0.1, -0.05) is 71.9 Å². The molecule has 39 heavy (non-hydrogen) atoms. The molecule has 2 aromatic carbocycles. The molecule has 0 spiro atoms. The van der Waals surface area contributed by atoms with Crippen LogP contribution < -0.4 is 0 Å². The third-order valence-corrected chi connectivity index (χ3v) is 7.25. The number of rotatable bonds is 4. The smallest absolute Gasteiger partial charge is 0.161 e. The molecule has 0 atom stereocenters. The zero-order valence-corrected chi connectivity index (χ0v) is 24.2. The molecule has 0 amide bonds. The lowest BCUT2D eigenvalue weighted by Gasteiger charge is -2.27. The number of fused-ring (bicyclic) bond motifs is 1. The largest absolute Gasteiger partial charge is 0.507 e. The Morgan fingerprint density at radius 1 is 0.744 bits per heavy atom. The molecule has 0 aliphatic carbocycles. The highest BCUT2D eigenvalue weighted by Gasteiger charge is 2.28. The molecule has 1 N–H and O–H groups in total. The molecule has 3 aromatic heterocycles. The van der Waals surface area contributed by atoms with Gasteiger partial charge in [-0.25, -0.2) is 9.97 Å². The van der Waals surface area contributed by atoms with Crippen molar-refractivity contribution in [3.63, 3.8) is 0 Å². The summed E-state index contributed by atoms with van der Waals surface area (Å²) in [5, 5.41) is 11.7. The molecule has 0 radical (unpaired) electrons. The minimum absolute atomic E-state index is 0.0865. The maximum atomic E-state index is 11.7. The van der Waals surface area contributed by atoms with Gasteiger partial charge in [0.1, 0.15) is 17.1 Å². The molecule has 0 aliphatic rings. The van der Waals surface area contributed by atoms with Crippen LogP contribution in [0.15, 0.2) is 73.1 Å². The van der Waals surface area contributed by atoms with Crippen molar-refractivity contribution in [2.75, 3.05) is 0 Å². The van der Waals surface area contributed by atoms with E-state index in [1.807, 2.05) is 36.7 Å². The van der Waals surface area contributed by atoms with Crippen LogP contribution in [-0.2, 0) is 10.8 Å². The number of aromatic hydroxyl groups is 1. The highest BCUT2D eigenvalue weighted by atomic mass is 16.3. The molecular weight excluding hydrogens is 480 g/mol. The van der Waals surface area contributed by atoms with Crippen molar-refractivity contribution in [3.8, 4) is 39.5 Å². The number of aromatic nitrogens is 4. The lowest BCUT2D eigenvalue weighted by molar-refractivity contribution is 0.445. The SMILES string of the molecule is CC(C)n1c(-c2cc(C(C)(C)C)cc(C(C)(C)C)c2O)nc2c(-c3cccc(-c4ccccn4)c3)ccnc21. The van der Waals surface area contributed by atoms with E-state index in [9.17, 15) is 5.11 Å². The van der Waals surface area contributed by atoms with Gasteiger partial charge in [-0.3, -0.25) is 4.98 Å². The van der Waals surface area contributed by atoms with Gasteiger partial charge in [0, 0.05) is 35.1 Å². The summed E-state index contributed by atoms with van der Waals surface area (Å²) in [7, 11) is 0. The Morgan fingerprint density at radius 3 is 2.13 bits per heavy atom. The molecule has 5 nitrogen and oxygen atoms in total. The van der Waals surface area contributed by atoms with Crippen molar-refractivity contribution in [1.82, 2.24) is 19.5 Å². The molecule has 0 saturated heterocycles. The van der Waals surface area contributed by atoms with Gasteiger partial charge >= 0.3 is 0 Å². The summed E-state index contributed by atoms with van der Waals surface area (Å²) in [5.41, 5.74) is 8.15. The van der Waals surface area contributed by atoms with Crippen LogP contribution in [0.2, 0.25) is 0 Å². The second-order valence-corrected chi connectivity index (χ2v) is 12.6. The molecule has 5 rings (SSSR count). The van der Waals surface area contributed by atoms with Crippen LogP contribution in [-0.4, -0.2) is 24.6 Å². The minimum atomic E-state index is -0.232. The predicted molar refractivity (Wildman–Crippen MR) is 161 cm³/mol. The van der Waals surface area contributed by atoms with Crippen LogP contribution in [0, 0.1) is 0 Å². The summed E-state index contributed by atoms with van der Waals surface area (Å²) in [5.74, 6) is 1.02. The number of hydrogen-bond donors (Lipinski definition) is 1. The molecule has 0 unspecified atom stereocenters. The summed E-state index contributed by atoms with van der Waals surface area (Å²) in [4.78, 5) is 14.5. The maximum absolute atomic E-state index is 11.7. The number of phenolic OH excluding ortho intramolecular Hbond substituents is 1. The highest BCUT2D eigenvalue weighted by molar-refractivity contribution is 5.93. The van der Waals surface area contributed by atoms with Gasteiger partial charge in [-0.05, 0) is 66.1 Å². The zero-order chi connectivity index (χ0) is 28.1. The Balaban J connectivity index is 1.78. The van der Waals surface area contributed by atoms with E-state index in [4.69, 9.17) is 9.97 Å². The average molecular weight is 519 g/mol. The van der Waals surface area contributed by atoms with Gasteiger partial charge in [0.15, 0.2) is 5.65 Å². The minimum Gasteiger partial charge on any atom is -0.507 e. The van der Waals surface area contributed by atoms with Crippen molar-refractivity contribution in [2.45, 2.75) is 72.3 Å². The second-order valence-electron chi connectivity index (χ2n) is 12.6. The molecule has 0 fully saturated rings. The van der Waals surface area contributed by atoms with Gasteiger partial charge in [-0.2, -0.15) is 0 Å².